The maximum atomic E-state index is 13.0. The van der Waals surface area contributed by atoms with Crippen molar-refractivity contribution in [1.82, 2.24) is 19.7 Å². The molecule has 0 aliphatic carbocycles. The molecule has 8 heteroatoms. The minimum Gasteiger partial charge on any atom is -0.381 e. The van der Waals surface area contributed by atoms with E-state index in [-0.39, 0.29) is 23.5 Å². The van der Waals surface area contributed by atoms with Gasteiger partial charge in [0, 0.05) is 50.6 Å². The molecule has 7 nitrogen and oxygen atoms in total. The van der Waals surface area contributed by atoms with E-state index in [4.69, 9.17) is 4.74 Å². The highest BCUT2D eigenvalue weighted by Gasteiger charge is 2.58. The number of ether oxygens (including phenoxy) is 1. The predicted molar refractivity (Wildman–Crippen MR) is 88.7 cm³/mol. The largest absolute Gasteiger partial charge is 0.381 e. The molecule has 3 aliphatic heterocycles. The lowest BCUT2D eigenvalue weighted by Crippen LogP contribution is -2.62. The van der Waals surface area contributed by atoms with Crippen LogP contribution in [0.4, 0.5) is 0 Å². The monoisotopic (exact) mass is 350 g/mol. The molecule has 3 fully saturated rings. The Hall–Kier alpha value is -1.51. The van der Waals surface area contributed by atoms with Crippen molar-refractivity contribution < 1.29 is 14.3 Å². The third kappa shape index (κ3) is 2.28. The summed E-state index contributed by atoms with van der Waals surface area (Å²) < 4.78 is 5.54. The summed E-state index contributed by atoms with van der Waals surface area (Å²) in [6.45, 7) is 5.94. The van der Waals surface area contributed by atoms with Crippen LogP contribution in [0.1, 0.15) is 29.6 Å². The number of aromatic nitrogens is 1. The molecule has 0 bridgehead atoms. The summed E-state index contributed by atoms with van der Waals surface area (Å²) in [6.07, 6.45) is 3.34. The van der Waals surface area contributed by atoms with Crippen LogP contribution in [0.2, 0.25) is 0 Å². The second-order valence-electron chi connectivity index (χ2n) is 6.47. The van der Waals surface area contributed by atoms with Crippen LogP contribution in [-0.4, -0.2) is 82.6 Å². The molecule has 1 aromatic rings. The van der Waals surface area contributed by atoms with E-state index in [1.54, 1.807) is 16.5 Å². The highest BCUT2D eigenvalue weighted by molar-refractivity contribution is 7.11. The van der Waals surface area contributed by atoms with Gasteiger partial charge in [-0.15, -0.1) is 11.3 Å². The van der Waals surface area contributed by atoms with Crippen LogP contribution in [0.3, 0.4) is 0 Å². The number of hydrogen-bond acceptors (Lipinski definition) is 6. The van der Waals surface area contributed by atoms with Gasteiger partial charge in [-0.05, 0) is 6.92 Å². The number of rotatable bonds is 2. The number of carbonyl (C=O) groups excluding carboxylic acids is 2. The van der Waals surface area contributed by atoms with Gasteiger partial charge in [0.2, 0.25) is 5.91 Å². The average Bonchev–Trinajstić information content (AvgIpc) is 3.22. The molecule has 1 aromatic heterocycles. The van der Waals surface area contributed by atoms with E-state index in [1.807, 2.05) is 11.8 Å². The lowest BCUT2D eigenvalue weighted by molar-refractivity contribution is -0.135. The van der Waals surface area contributed by atoms with Crippen molar-refractivity contribution >= 4 is 23.2 Å². The van der Waals surface area contributed by atoms with Gasteiger partial charge < -0.3 is 14.5 Å². The van der Waals surface area contributed by atoms with Crippen molar-refractivity contribution in [1.29, 1.82) is 0 Å². The van der Waals surface area contributed by atoms with E-state index >= 15 is 0 Å². The number of nitrogens with zero attached hydrogens (tertiary/aromatic N) is 4. The molecule has 1 atom stereocenters. The highest BCUT2D eigenvalue weighted by atomic mass is 32.1. The van der Waals surface area contributed by atoms with Gasteiger partial charge in [0.15, 0.2) is 5.01 Å². The van der Waals surface area contributed by atoms with Crippen molar-refractivity contribution in [3.8, 4) is 0 Å². The zero-order chi connectivity index (χ0) is 16.7. The maximum absolute atomic E-state index is 13.0. The Labute approximate surface area is 145 Å². The summed E-state index contributed by atoms with van der Waals surface area (Å²) in [5.41, 5.74) is -0.217. The molecule has 130 valence electrons. The van der Waals surface area contributed by atoms with Gasteiger partial charge in [-0.1, -0.05) is 0 Å². The fourth-order valence-electron chi connectivity index (χ4n) is 4.39. The summed E-state index contributed by atoms with van der Waals surface area (Å²) in [5.74, 6) is 0.0875. The van der Waals surface area contributed by atoms with Crippen molar-refractivity contribution in [2.45, 2.75) is 31.5 Å². The Morgan fingerprint density at radius 1 is 1.42 bits per heavy atom. The molecule has 4 heterocycles. The van der Waals surface area contributed by atoms with E-state index in [0.717, 1.165) is 19.4 Å². The second-order valence-corrected chi connectivity index (χ2v) is 7.37. The van der Waals surface area contributed by atoms with E-state index in [9.17, 15) is 9.59 Å². The van der Waals surface area contributed by atoms with E-state index in [0.29, 0.717) is 37.9 Å². The Kier molecular flexibility index (Phi) is 4.06. The molecular weight excluding hydrogens is 328 g/mol. The zero-order valence-corrected chi connectivity index (χ0v) is 14.6. The lowest BCUT2D eigenvalue weighted by atomic mass is 9.96. The molecule has 0 unspecified atom stereocenters. The molecule has 1 spiro atoms. The molecule has 0 N–H and O–H groups in total. The number of likely N-dealkylation sites (N-methyl/N-ethyl adjacent to an activating group) is 1. The first kappa shape index (κ1) is 16.0. The first-order valence-electron chi connectivity index (χ1n) is 8.52. The normalized spacial score (nSPS) is 26.9. The van der Waals surface area contributed by atoms with Gasteiger partial charge in [-0.2, -0.15) is 0 Å². The van der Waals surface area contributed by atoms with Gasteiger partial charge in [0.25, 0.3) is 5.91 Å². The quantitative estimate of drug-likeness (QED) is 0.783. The van der Waals surface area contributed by atoms with E-state index < -0.39 is 0 Å². The molecule has 2 amide bonds. The first-order chi connectivity index (χ1) is 11.7. The molecule has 0 radical (unpaired) electrons. The standard InChI is InChI=1S/C16H22N4O3S/c1-2-19-14(21)12-11-18(15(22)13-17-5-10-24-13)6-7-20(12)16(19)3-8-23-9-4-16/h5,10,12H,2-4,6-9,11H2,1H3/t12-/m1/s1. The topological polar surface area (TPSA) is 66.0 Å². The number of fused-ring (bicyclic) bond motifs is 2. The summed E-state index contributed by atoms with van der Waals surface area (Å²) in [5, 5.41) is 2.31. The number of hydrogen-bond donors (Lipinski definition) is 0. The van der Waals surface area contributed by atoms with Crippen molar-refractivity contribution in [3.05, 3.63) is 16.6 Å². The fourth-order valence-corrected chi connectivity index (χ4v) is 4.99. The third-order valence-electron chi connectivity index (χ3n) is 5.48. The number of thiazole rings is 1. The number of piperazine rings is 1. The van der Waals surface area contributed by atoms with Crippen LogP contribution in [0, 0.1) is 0 Å². The van der Waals surface area contributed by atoms with Crippen LogP contribution in [-0.2, 0) is 9.53 Å². The minimum absolute atomic E-state index is 0.0616. The Balaban J connectivity index is 1.58. The summed E-state index contributed by atoms with van der Waals surface area (Å²) >= 11 is 1.35. The van der Waals surface area contributed by atoms with Crippen LogP contribution in [0.25, 0.3) is 0 Å². The SMILES string of the molecule is CCN1C(=O)[C@H]2CN(C(=O)c3nccs3)CCN2C12CCOCC2. The fraction of sp³-hybridized carbons (Fsp3) is 0.688. The van der Waals surface area contributed by atoms with Crippen LogP contribution in [0.5, 0.6) is 0 Å². The molecule has 0 aromatic carbocycles. The van der Waals surface area contributed by atoms with E-state index in [2.05, 4.69) is 9.88 Å². The van der Waals surface area contributed by atoms with Crippen molar-refractivity contribution in [2.24, 2.45) is 0 Å². The van der Waals surface area contributed by atoms with Crippen LogP contribution < -0.4 is 0 Å². The van der Waals surface area contributed by atoms with Gasteiger partial charge in [0.05, 0.1) is 13.2 Å². The summed E-state index contributed by atoms with van der Waals surface area (Å²) in [7, 11) is 0. The van der Waals surface area contributed by atoms with Crippen molar-refractivity contribution in [2.75, 3.05) is 39.4 Å². The van der Waals surface area contributed by atoms with Gasteiger partial charge in [-0.25, -0.2) is 4.98 Å². The number of amides is 2. The smallest absolute Gasteiger partial charge is 0.282 e. The van der Waals surface area contributed by atoms with Crippen LogP contribution in [0.15, 0.2) is 11.6 Å². The zero-order valence-electron chi connectivity index (χ0n) is 13.8. The third-order valence-corrected chi connectivity index (χ3v) is 6.24. The maximum Gasteiger partial charge on any atom is 0.282 e. The Bertz CT molecular complexity index is 629. The molecule has 0 saturated carbocycles. The summed E-state index contributed by atoms with van der Waals surface area (Å²) in [6, 6.07) is -0.235. The summed E-state index contributed by atoms with van der Waals surface area (Å²) in [4.78, 5) is 35.8. The Morgan fingerprint density at radius 2 is 2.21 bits per heavy atom. The highest BCUT2D eigenvalue weighted by Crippen LogP contribution is 2.41. The van der Waals surface area contributed by atoms with E-state index in [1.165, 1.54) is 11.3 Å². The van der Waals surface area contributed by atoms with Gasteiger partial charge >= 0.3 is 0 Å². The average molecular weight is 350 g/mol. The van der Waals surface area contributed by atoms with Crippen molar-refractivity contribution in [3.63, 3.8) is 0 Å². The predicted octanol–water partition coefficient (Wildman–Crippen LogP) is 0.638. The Morgan fingerprint density at radius 3 is 2.88 bits per heavy atom. The molecule has 3 saturated heterocycles. The second kappa shape index (κ2) is 6.09. The molecule has 3 aliphatic rings. The molecule has 4 rings (SSSR count). The van der Waals surface area contributed by atoms with Gasteiger partial charge in [-0.3, -0.25) is 14.5 Å². The lowest BCUT2D eigenvalue weighted by Gasteiger charge is -2.48. The van der Waals surface area contributed by atoms with Gasteiger partial charge in [0.1, 0.15) is 11.7 Å². The minimum atomic E-state index is -0.235. The first-order valence-corrected chi connectivity index (χ1v) is 9.40. The molecular formula is C16H22N4O3S. The molecule has 24 heavy (non-hydrogen) atoms. The van der Waals surface area contributed by atoms with Crippen LogP contribution >= 0.6 is 11.3 Å². The number of carbonyl (C=O) groups is 2.